The second-order valence-corrected chi connectivity index (χ2v) is 8.42. The van der Waals surface area contributed by atoms with Crippen LogP contribution in [0.15, 0.2) is 66.7 Å². The van der Waals surface area contributed by atoms with E-state index in [1.807, 2.05) is 62.4 Å². The molecule has 5 nitrogen and oxygen atoms in total. The van der Waals surface area contributed by atoms with Crippen LogP contribution in [0.4, 0.5) is 5.13 Å². The fourth-order valence-corrected chi connectivity index (χ4v) is 4.54. The van der Waals surface area contributed by atoms with Gasteiger partial charge in [-0.2, -0.15) is 0 Å². The lowest BCUT2D eigenvalue weighted by molar-refractivity contribution is -0.119. The van der Waals surface area contributed by atoms with Crippen molar-refractivity contribution in [1.29, 1.82) is 0 Å². The zero-order valence-electron chi connectivity index (χ0n) is 17.3. The van der Waals surface area contributed by atoms with Crippen molar-refractivity contribution in [2.75, 3.05) is 11.9 Å². The van der Waals surface area contributed by atoms with Gasteiger partial charge in [-0.3, -0.25) is 10.1 Å². The predicted octanol–water partition coefficient (Wildman–Crippen LogP) is 5.30. The van der Waals surface area contributed by atoms with Crippen molar-refractivity contribution >= 4 is 38.6 Å². The molecule has 0 spiro atoms. The lowest BCUT2D eigenvalue weighted by atomic mass is 10.00. The Labute approximate surface area is 184 Å². The third kappa shape index (κ3) is 4.98. The quantitative estimate of drug-likeness (QED) is 0.422. The van der Waals surface area contributed by atoms with Crippen molar-refractivity contribution in [3.63, 3.8) is 0 Å². The molecule has 4 rings (SSSR count). The van der Waals surface area contributed by atoms with Crippen LogP contribution in [0.3, 0.4) is 0 Å². The molecule has 0 saturated carbocycles. The molecular weight excluding hydrogens is 408 g/mol. The zero-order valence-corrected chi connectivity index (χ0v) is 18.2. The molecule has 1 heterocycles. The first kappa shape index (κ1) is 20.8. The summed E-state index contributed by atoms with van der Waals surface area (Å²) in [4.78, 5) is 29.4. The number of rotatable bonds is 6. The molecule has 4 aromatic rings. The molecule has 0 aliphatic heterocycles. The Hall–Kier alpha value is -3.51. The summed E-state index contributed by atoms with van der Waals surface area (Å²) in [6.07, 6.45) is 0.614. The monoisotopic (exact) mass is 430 g/mol. The highest BCUT2D eigenvalue weighted by Gasteiger charge is 2.16. The lowest BCUT2D eigenvalue weighted by Crippen LogP contribution is -2.21. The molecule has 0 radical (unpaired) electrons. The average molecular weight is 431 g/mol. The predicted molar refractivity (Wildman–Crippen MR) is 124 cm³/mol. The largest absolute Gasteiger partial charge is 0.452 e. The van der Waals surface area contributed by atoms with Gasteiger partial charge < -0.3 is 4.74 Å². The summed E-state index contributed by atoms with van der Waals surface area (Å²) in [5.41, 5.74) is 5.50. The van der Waals surface area contributed by atoms with E-state index in [1.54, 1.807) is 12.1 Å². The summed E-state index contributed by atoms with van der Waals surface area (Å²) in [5, 5.41) is 3.23. The minimum Gasteiger partial charge on any atom is -0.452 e. The van der Waals surface area contributed by atoms with E-state index in [0.717, 1.165) is 32.5 Å². The summed E-state index contributed by atoms with van der Waals surface area (Å²) in [5.74, 6) is -0.931. The van der Waals surface area contributed by atoms with Crippen LogP contribution in [-0.2, 0) is 16.0 Å². The summed E-state index contributed by atoms with van der Waals surface area (Å²) < 4.78 is 6.30. The fraction of sp³-hybridized carbons (Fsp3) is 0.160. The van der Waals surface area contributed by atoms with E-state index < -0.39 is 11.9 Å². The highest BCUT2D eigenvalue weighted by Crippen LogP contribution is 2.29. The molecule has 1 aromatic heterocycles. The molecule has 0 fully saturated rings. The molecule has 1 N–H and O–H groups in total. The summed E-state index contributed by atoms with van der Waals surface area (Å²) >= 11 is 1.40. The van der Waals surface area contributed by atoms with Crippen LogP contribution in [0.25, 0.3) is 10.2 Å². The van der Waals surface area contributed by atoms with E-state index in [2.05, 4.69) is 16.4 Å². The van der Waals surface area contributed by atoms with Crippen LogP contribution < -0.4 is 5.32 Å². The number of carbonyl (C=O) groups is 2. The number of esters is 1. The van der Waals surface area contributed by atoms with Gasteiger partial charge >= 0.3 is 5.97 Å². The van der Waals surface area contributed by atoms with Gasteiger partial charge in [0.1, 0.15) is 0 Å². The first-order valence-electron chi connectivity index (χ1n) is 9.96. The smallest absolute Gasteiger partial charge is 0.338 e. The van der Waals surface area contributed by atoms with E-state index >= 15 is 0 Å². The first-order valence-corrected chi connectivity index (χ1v) is 10.8. The van der Waals surface area contributed by atoms with E-state index in [4.69, 9.17) is 4.74 Å². The number of anilines is 1. The van der Waals surface area contributed by atoms with Gasteiger partial charge in [-0.25, -0.2) is 9.78 Å². The maximum atomic E-state index is 12.6. The second kappa shape index (κ2) is 9.10. The number of aromatic nitrogens is 1. The number of hydrogen-bond donors (Lipinski definition) is 1. The van der Waals surface area contributed by atoms with Gasteiger partial charge in [-0.15, -0.1) is 0 Å². The topological polar surface area (TPSA) is 68.3 Å². The molecule has 6 heteroatoms. The number of benzene rings is 3. The van der Waals surface area contributed by atoms with Gasteiger partial charge in [0.25, 0.3) is 5.91 Å². The molecule has 31 heavy (non-hydrogen) atoms. The van der Waals surface area contributed by atoms with Crippen LogP contribution >= 0.6 is 11.3 Å². The number of fused-ring (bicyclic) bond motifs is 1. The number of ether oxygens (including phenoxy) is 1. The number of amides is 1. The summed E-state index contributed by atoms with van der Waals surface area (Å²) in [7, 11) is 0. The van der Waals surface area contributed by atoms with Crippen LogP contribution in [0.1, 0.15) is 32.6 Å². The molecule has 0 atom stereocenters. The summed E-state index contributed by atoms with van der Waals surface area (Å²) in [6, 6.07) is 21.3. The SMILES string of the molecule is Cc1cc(C)c2nc(NC(=O)COC(=O)c3ccccc3Cc3ccccc3)sc2c1. The van der Waals surface area contributed by atoms with Crippen molar-refractivity contribution < 1.29 is 14.3 Å². The third-order valence-corrected chi connectivity index (χ3v) is 5.80. The second-order valence-electron chi connectivity index (χ2n) is 7.39. The molecule has 0 saturated heterocycles. The van der Waals surface area contributed by atoms with Crippen molar-refractivity contribution in [3.8, 4) is 0 Å². The Morgan fingerprint density at radius 1 is 1.00 bits per heavy atom. The van der Waals surface area contributed by atoms with Gasteiger partial charge in [-0.05, 0) is 54.7 Å². The standard InChI is InChI=1S/C25H22N2O3S/c1-16-12-17(2)23-21(13-16)31-25(27-23)26-22(28)15-30-24(29)20-11-7-6-10-19(20)14-18-8-4-3-5-9-18/h3-13H,14-15H2,1-2H3,(H,26,27,28). The highest BCUT2D eigenvalue weighted by molar-refractivity contribution is 7.22. The number of nitrogens with zero attached hydrogens (tertiary/aromatic N) is 1. The minimum absolute atomic E-state index is 0.369. The number of nitrogens with one attached hydrogen (secondary N) is 1. The Bertz CT molecular complexity index is 1250. The number of thiazole rings is 1. The van der Waals surface area contributed by atoms with Crippen LogP contribution in [-0.4, -0.2) is 23.5 Å². The Morgan fingerprint density at radius 2 is 1.74 bits per heavy atom. The molecule has 3 aromatic carbocycles. The molecule has 156 valence electrons. The molecule has 0 aliphatic rings. The van der Waals surface area contributed by atoms with Gasteiger partial charge in [-0.1, -0.05) is 65.9 Å². The van der Waals surface area contributed by atoms with E-state index in [0.29, 0.717) is 17.1 Å². The Morgan fingerprint density at radius 3 is 2.55 bits per heavy atom. The molecule has 0 bridgehead atoms. The van der Waals surface area contributed by atoms with Crippen LogP contribution in [0.2, 0.25) is 0 Å². The normalized spacial score (nSPS) is 10.8. The molecule has 0 unspecified atom stereocenters. The van der Waals surface area contributed by atoms with E-state index in [1.165, 1.54) is 11.3 Å². The zero-order chi connectivity index (χ0) is 21.8. The number of aryl methyl sites for hydroxylation is 2. The van der Waals surface area contributed by atoms with Gasteiger partial charge in [0.15, 0.2) is 11.7 Å². The third-order valence-electron chi connectivity index (χ3n) is 4.89. The van der Waals surface area contributed by atoms with E-state index in [-0.39, 0.29) is 6.61 Å². The number of hydrogen-bond acceptors (Lipinski definition) is 5. The van der Waals surface area contributed by atoms with Gasteiger partial charge in [0, 0.05) is 0 Å². The van der Waals surface area contributed by atoms with Crippen LogP contribution in [0.5, 0.6) is 0 Å². The Kier molecular flexibility index (Phi) is 6.09. The first-order chi connectivity index (χ1) is 15.0. The van der Waals surface area contributed by atoms with Gasteiger partial charge in [0.05, 0.1) is 15.8 Å². The van der Waals surface area contributed by atoms with Crippen molar-refractivity contribution in [2.45, 2.75) is 20.3 Å². The van der Waals surface area contributed by atoms with Gasteiger partial charge in [0.2, 0.25) is 0 Å². The molecule has 1 amide bonds. The van der Waals surface area contributed by atoms with Crippen molar-refractivity contribution in [3.05, 3.63) is 94.5 Å². The maximum absolute atomic E-state index is 12.6. The highest BCUT2D eigenvalue weighted by atomic mass is 32.1. The molecular formula is C25H22N2O3S. The maximum Gasteiger partial charge on any atom is 0.338 e. The minimum atomic E-state index is -0.516. The van der Waals surface area contributed by atoms with Crippen molar-refractivity contribution in [2.24, 2.45) is 0 Å². The average Bonchev–Trinajstić information content (AvgIpc) is 3.15. The number of carbonyl (C=O) groups excluding carboxylic acids is 2. The lowest BCUT2D eigenvalue weighted by Gasteiger charge is -2.09. The van der Waals surface area contributed by atoms with Crippen LogP contribution in [0, 0.1) is 13.8 Å². The Balaban J connectivity index is 1.40. The van der Waals surface area contributed by atoms with Crippen molar-refractivity contribution in [1.82, 2.24) is 4.98 Å². The molecule has 0 aliphatic carbocycles. The van der Waals surface area contributed by atoms with E-state index in [9.17, 15) is 9.59 Å². The fourth-order valence-electron chi connectivity index (χ4n) is 3.48. The summed E-state index contributed by atoms with van der Waals surface area (Å²) in [6.45, 7) is 3.65.